The summed E-state index contributed by atoms with van der Waals surface area (Å²) in [6, 6.07) is 11.9. The summed E-state index contributed by atoms with van der Waals surface area (Å²) in [6.07, 6.45) is 4.03. The van der Waals surface area contributed by atoms with Crippen LogP contribution in [0.2, 0.25) is 0 Å². The third-order valence-electron chi connectivity index (χ3n) is 6.29. The molecule has 2 saturated carbocycles. The van der Waals surface area contributed by atoms with Crippen LogP contribution in [-0.2, 0) is 4.74 Å². The Bertz CT molecular complexity index is 1130. The van der Waals surface area contributed by atoms with Crippen LogP contribution in [0.15, 0.2) is 42.6 Å². The fraction of sp³-hybridized carbons (Fsp3) is 0.375. The predicted octanol–water partition coefficient (Wildman–Crippen LogP) is 4.37. The first kappa shape index (κ1) is 19.6. The number of rotatable bonds is 8. The quantitative estimate of drug-likeness (QED) is 0.502. The van der Waals surface area contributed by atoms with Gasteiger partial charge in [-0.1, -0.05) is 0 Å². The molecule has 31 heavy (non-hydrogen) atoms. The summed E-state index contributed by atoms with van der Waals surface area (Å²) in [6.45, 7) is 2.99. The van der Waals surface area contributed by atoms with Crippen molar-refractivity contribution in [1.29, 1.82) is 0 Å². The lowest BCUT2D eigenvalue weighted by Gasteiger charge is -2.27. The maximum absolute atomic E-state index is 12.1. The molecule has 0 saturated heterocycles. The van der Waals surface area contributed by atoms with Crippen molar-refractivity contribution in [3.8, 4) is 11.5 Å². The van der Waals surface area contributed by atoms with Gasteiger partial charge in [-0.3, -0.25) is 4.98 Å². The van der Waals surface area contributed by atoms with E-state index in [1.165, 1.54) is 19.0 Å². The molecule has 3 aromatic rings. The SMILES string of the molecule is CCOC(=O)c1cnc2ccc(N(CC34CC3C4)c3cc(OC)cc(OC)c3)cc2n1. The summed E-state index contributed by atoms with van der Waals surface area (Å²) < 4.78 is 16.1. The molecule has 0 radical (unpaired) electrons. The number of anilines is 2. The van der Waals surface area contributed by atoms with Gasteiger partial charge in [0.15, 0.2) is 5.69 Å². The molecule has 7 nitrogen and oxygen atoms in total. The minimum absolute atomic E-state index is 0.212. The Morgan fingerprint density at radius 1 is 1.06 bits per heavy atom. The Balaban J connectivity index is 1.56. The van der Waals surface area contributed by atoms with Crippen LogP contribution in [-0.4, -0.2) is 43.3 Å². The number of carbonyl (C=O) groups excluding carboxylic acids is 1. The molecule has 1 aromatic heterocycles. The van der Waals surface area contributed by atoms with Crippen LogP contribution < -0.4 is 14.4 Å². The number of ether oxygens (including phenoxy) is 3. The molecule has 160 valence electrons. The largest absolute Gasteiger partial charge is 0.497 e. The number of methoxy groups -OCH3 is 2. The lowest BCUT2D eigenvalue weighted by Crippen LogP contribution is -2.22. The van der Waals surface area contributed by atoms with Gasteiger partial charge in [-0.2, -0.15) is 0 Å². The highest BCUT2D eigenvalue weighted by molar-refractivity contribution is 5.90. The predicted molar refractivity (Wildman–Crippen MR) is 117 cm³/mol. The van der Waals surface area contributed by atoms with E-state index in [-0.39, 0.29) is 5.69 Å². The first-order valence-corrected chi connectivity index (χ1v) is 10.5. The zero-order chi connectivity index (χ0) is 21.6. The van der Waals surface area contributed by atoms with Crippen molar-refractivity contribution in [3.63, 3.8) is 0 Å². The van der Waals surface area contributed by atoms with E-state index in [4.69, 9.17) is 14.2 Å². The van der Waals surface area contributed by atoms with Gasteiger partial charge in [0.05, 0.1) is 38.1 Å². The summed E-state index contributed by atoms with van der Waals surface area (Å²) in [5.74, 6) is 1.86. The maximum Gasteiger partial charge on any atom is 0.358 e. The monoisotopic (exact) mass is 419 g/mol. The molecule has 2 aromatic carbocycles. The molecule has 0 amide bonds. The number of hydrogen-bond donors (Lipinski definition) is 0. The Kier molecular flexibility index (Phi) is 4.68. The van der Waals surface area contributed by atoms with Crippen LogP contribution in [0.5, 0.6) is 11.5 Å². The minimum Gasteiger partial charge on any atom is -0.497 e. The lowest BCUT2D eigenvalue weighted by molar-refractivity contribution is 0.0519. The standard InChI is InChI=1S/C24H25N3O4/c1-4-31-23(28)22-13-25-20-6-5-16(9-21(20)26-22)27(14-24-11-15(24)12-24)17-7-18(29-2)10-19(8-17)30-3/h5-10,13,15H,4,11-12,14H2,1-3H3. The molecule has 0 N–H and O–H groups in total. The zero-order valence-electron chi connectivity index (χ0n) is 17.9. The van der Waals surface area contributed by atoms with E-state index < -0.39 is 5.97 Å². The number of hydrogen-bond acceptors (Lipinski definition) is 7. The Morgan fingerprint density at radius 2 is 1.77 bits per heavy atom. The maximum atomic E-state index is 12.1. The van der Waals surface area contributed by atoms with Gasteiger partial charge in [0.25, 0.3) is 0 Å². The molecule has 7 heteroatoms. The normalized spacial score (nSPS) is 20.7. The smallest absolute Gasteiger partial charge is 0.358 e. The molecule has 5 rings (SSSR count). The number of carbonyl (C=O) groups is 1. The Hall–Kier alpha value is -3.35. The van der Waals surface area contributed by atoms with E-state index in [0.29, 0.717) is 17.5 Å². The molecule has 2 fully saturated rings. The summed E-state index contributed by atoms with van der Waals surface area (Å²) in [7, 11) is 3.31. The molecule has 2 aliphatic carbocycles. The highest BCUT2D eigenvalue weighted by Gasteiger charge is 2.69. The first-order chi connectivity index (χ1) is 15.0. The summed E-state index contributed by atoms with van der Waals surface area (Å²) in [4.78, 5) is 23.3. The lowest BCUT2D eigenvalue weighted by atomic mass is 10.1. The van der Waals surface area contributed by atoms with Crippen LogP contribution in [0.1, 0.15) is 30.3 Å². The van der Waals surface area contributed by atoms with E-state index in [1.807, 2.05) is 36.4 Å². The van der Waals surface area contributed by atoms with E-state index in [1.54, 1.807) is 21.1 Å². The van der Waals surface area contributed by atoms with Crippen LogP contribution >= 0.6 is 0 Å². The number of nitrogens with zero attached hydrogens (tertiary/aromatic N) is 3. The molecule has 0 unspecified atom stereocenters. The number of aromatic nitrogens is 2. The van der Waals surface area contributed by atoms with Crippen molar-refractivity contribution < 1.29 is 19.0 Å². The summed E-state index contributed by atoms with van der Waals surface area (Å²) >= 11 is 0. The van der Waals surface area contributed by atoms with Crippen LogP contribution in [0, 0.1) is 11.3 Å². The van der Waals surface area contributed by atoms with Crippen LogP contribution in [0.4, 0.5) is 11.4 Å². The highest BCUT2D eigenvalue weighted by Crippen LogP contribution is 2.75. The van der Waals surface area contributed by atoms with Gasteiger partial charge in [-0.25, -0.2) is 9.78 Å². The van der Waals surface area contributed by atoms with Gasteiger partial charge >= 0.3 is 5.97 Å². The van der Waals surface area contributed by atoms with Gasteiger partial charge in [0.1, 0.15) is 11.5 Å². The van der Waals surface area contributed by atoms with Crippen LogP contribution in [0.25, 0.3) is 11.0 Å². The van der Waals surface area contributed by atoms with Crippen molar-refractivity contribution >= 4 is 28.4 Å². The first-order valence-electron chi connectivity index (χ1n) is 10.5. The fourth-order valence-electron chi connectivity index (χ4n) is 4.13. The number of esters is 1. The van der Waals surface area contributed by atoms with Gasteiger partial charge in [-0.05, 0) is 49.3 Å². The van der Waals surface area contributed by atoms with Crippen molar-refractivity contribution in [2.45, 2.75) is 19.8 Å². The average molecular weight is 419 g/mol. The van der Waals surface area contributed by atoms with E-state index in [0.717, 1.165) is 40.9 Å². The second kappa shape index (κ2) is 7.41. The van der Waals surface area contributed by atoms with Crippen molar-refractivity contribution in [2.24, 2.45) is 11.3 Å². The highest BCUT2D eigenvalue weighted by atomic mass is 16.5. The fourth-order valence-corrected chi connectivity index (χ4v) is 4.13. The van der Waals surface area contributed by atoms with Gasteiger partial charge in [0, 0.05) is 36.1 Å². The van der Waals surface area contributed by atoms with E-state index in [9.17, 15) is 4.79 Å². The third-order valence-corrected chi connectivity index (χ3v) is 6.29. The van der Waals surface area contributed by atoms with Gasteiger partial charge < -0.3 is 19.1 Å². The average Bonchev–Trinajstić information content (AvgIpc) is 3.67. The van der Waals surface area contributed by atoms with Crippen LogP contribution in [0.3, 0.4) is 0 Å². The number of fused-ring (bicyclic) bond motifs is 2. The second-order valence-electron chi connectivity index (χ2n) is 8.27. The molecule has 0 atom stereocenters. The molecule has 0 bridgehead atoms. The molecule has 0 aliphatic heterocycles. The summed E-state index contributed by atoms with van der Waals surface area (Å²) in [5.41, 5.74) is 4.01. The zero-order valence-corrected chi connectivity index (χ0v) is 17.9. The summed E-state index contributed by atoms with van der Waals surface area (Å²) in [5, 5.41) is 0. The molecule has 0 spiro atoms. The Morgan fingerprint density at radius 3 is 2.39 bits per heavy atom. The van der Waals surface area contributed by atoms with Gasteiger partial charge in [0.2, 0.25) is 0 Å². The van der Waals surface area contributed by atoms with E-state index >= 15 is 0 Å². The van der Waals surface area contributed by atoms with Crippen molar-refractivity contribution in [2.75, 3.05) is 32.3 Å². The second-order valence-corrected chi connectivity index (χ2v) is 8.27. The minimum atomic E-state index is -0.464. The van der Waals surface area contributed by atoms with Crippen molar-refractivity contribution in [1.82, 2.24) is 9.97 Å². The molecule has 1 heterocycles. The van der Waals surface area contributed by atoms with Gasteiger partial charge in [-0.15, -0.1) is 0 Å². The Labute approximate surface area is 181 Å². The van der Waals surface area contributed by atoms with Crippen molar-refractivity contribution in [3.05, 3.63) is 48.3 Å². The third kappa shape index (κ3) is 3.65. The molecular weight excluding hydrogens is 394 g/mol. The molecular formula is C24H25N3O4. The van der Waals surface area contributed by atoms with E-state index in [2.05, 4.69) is 14.9 Å². The molecule has 2 aliphatic rings. The topological polar surface area (TPSA) is 73.8 Å². The number of benzene rings is 2.